The molecule has 0 saturated heterocycles. The summed E-state index contributed by atoms with van der Waals surface area (Å²) in [5.74, 6) is -0.297. The van der Waals surface area contributed by atoms with Gasteiger partial charge in [-0.3, -0.25) is 0 Å². The molecule has 2 rings (SSSR count). The Hall–Kier alpha value is -2.72. The normalized spacial score (nSPS) is 10.0. The molecule has 11 nitrogen and oxygen atoms in total. The van der Waals surface area contributed by atoms with Gasteiger partial charge in [-0.25, -0.2) is 4.63 Å². The smallest absolute Gasteiger partial charge is 0.476 e. The molecule has 17 heavy (non-hydrogen) atoms. The van der Waals surface area contributed by atoms with Gasteiger partial charge in [0.05, 0.1) is 14.2 Å². The minimum Gasteiger partial charge on any atom is -0.476 e. The first-order valence-corrected chi connectivity index (χ1v) is 4.23. The molecule has 0 saturated carbocycles. The second kappa shape index (κ2) is 4.42. The van der Waals surface area contributed by atoms with E-state index < -0.39 is 0 Å². The van der Waals surface area contributed by atoms with E-state index in [1.165, 1.54) is 14.2 Å². The summed E-state index contributed by atoms with van der Waals surface area (Å²) in [6, 6.07) is 0. The molecule has 0 spiro atoms. The molecule has 2 aromatic rings. The number of hydrogen-bond donors (Lipinski definition) is 1. The molecule has 0 atom stereocenters. The predicted octanol–water partition coefficient (Wildman–Crippen LogP) is -0.0927. The van der Waals surface area contributed by atoms with Crippen molar-refractivity contribution in [2.45, 2.75) is 0 Å². The molecule has 1 N–H and O–H groups in total. The fourth-order valence-electron chi connectivity index (χ4n) is 0.960. The van der Waals surface area contributed by atoms with Crippen molar-refractivity contribution in [3.05, 3.63) is 4.91 Å². The summed E-state index contributed by atoms with van der Waals surface area (Å²) in [4.78, 5) is 11.8. The number of nitrogens with one attached hydrogen (secondary N) is 1. The van der Waals surface area contributed by atoms with E-state index >= 15 is 0 Å². The van der Waals surface area contributed by atoms with E-state index in [2.05, 4.69) is 35.3 Å². The number of hydrogen-bond acceptors (Lipinski definition) is 9. The molecule has 0 aliphatic carbocycles. The number of ether oxygens (including phenoxy) is 2. The third kappa shape index (κ3) is 1.97. The van der Waals surface area contributed by atoms with Crippen molar-refractivity contribution in [2.75, 3.05) is 19.6 Å². The first kappa shape index (κ1) is 10.8. The lowest BCUT2D eigenvalue weighted by Crippen LogP contribution is -2.12. The highest BCUT2D eigenvalue weighted by Gasteiger charge is 2.30. The lowest BCUT2D eigenvalue weighted by molar-refractivity contribution is -0.434. The van der Waals surface area contributed by atoms with Crippen LogP contribution in [0.2, 0.25) is 0 Å². The highest BCUT2D eigenvalue weighted by atomic mass is 16.6. The van der Waals surface area contributed by atoms with Crippen molar-refractivity contribution < 1.29 is 23.6 Å². The number of methoxy groups -OCH3 is 2. The van der Waals surface area contributed by atoms with E-state index in [-0.39, 0.29) is 28.3 Å². The van der Waals surface area contributed by atoms with Crippen LogP contribution in [-0.2, 0) is 0 Å². The summed E-state index contributed by atoms with van der Waals surface area (Å²) in [5, 5.41) is 13.5. The Morgan fingerprint density at radius 2 is 1.71 bits per heavy atom. The SMILES string of the molecule is COc1nonc1N[N+](=O)c1nonc1OC. The third-order valence-electron chi connectivity index (χ3n) is 1.69. The monoisotopic (exact) mass is 243 g/mol. The number of anilines is 1. The van der Waals surface area contributed by atoms with Gasteiger partial charge in [-0.15, -0.1) is 4.63 Å². The van der Waals surface area contributed by atoms with Crippen molar-refractivity contribution in [2.24, 2.45) is 0 Å². The Balaban J connectivity index is 2.17. The Morgan fingerprint density at radius 1 is 1.06 bits per heavy atom. The van der Waals surface area contributed by atoms with E-state index in [1.807, 2.05) is 0 Å². The maximum Gasteiger partial charge on any atom is 0.501 e. The standard InChI is InChI=1S/C6H7N6O5/c1-14-5-3(8-16-10-5)7-12(13)4-6(15-2)11-17-9-4/h1-2H3,(H,7,8,13)/q+1. The summed E-state index contributed by atoms with van der Waals surface area (Å²) >= 11 is 0. The van der Waals surface area contributed by atoms with Gasteiger partial charge in [0.1, 0.15) is 4.87 Å². The second-order valence-electron chi connectivity index (χ2n) is 2.63. The molecule has 0 aliphatic rings. The zero-order valence-corrected chi connectivity index (χ0v) is 8.78. The highest BCUT2D eigenvalue weighted by Crippen LogP contribution is 2.23. The first-order valence-electron chi connectivity index (χ1n) is 4.23. The number of aromatic nitrogens is 4. The molecule has 0 bridgehead atoms. The van der Waals surface area contributed by atoms with Gasteiger partial charge >= 0.3 is 17.6 Å². The fourth-order valence-corrected chi connectivity index (χ4v) is 0.960. The van der Waals surface area contributed by atoms with E-state index in [0.717, 1.165) is 0 Å². The zero-order chi connectivity index (χ0) is 12.3. The molecular formula is C6H7N6O5+. The summed E-state index contributed by atoms with van der Waals surface area (Å²) in [6.45, 7) is 0. The average molecular weight is 243 g/mol. The van der Waals surface area contributed by atoms with E-state index in [9.17, 15) is 4.91 Å². The van der Waals surface area contributed by atoms with Crippen LogP contribution in [0.15, 0.2) is 9.26 Å². The largest absolute Gasteiger partial charge is 0.501 e. The highest BCUT2D eigenvalue weighted by molar-refractivity contribution is 5.41. The molecule has 90 valence electrons. The van der Waals surface area contributed by atoms with Crippen molar-refractivity contribution >= 4 is 11.6 Å². The number of nitroso groups, excluding NO2 is 1. The van der Waals surface area contributed by atoms with Crippen molar-refractivity contribution in [1.82, 2.24) is 20.6 Å². The minimum atomic E-state index is -0.211. The first-order chi connectivity index (χ1) is 8.26. The molecule has 0 aliphatic heterocycles. The van der Waals surface area contributed by atoms with Gasteiger partial charge in [-0.2, -0.15) is 5.43 Å². The van der Waals surface area contributed by atoms with E-state index in [1.54, 1.807) is 0 Å². The Kier molecular flexibility index (Phi) is 2.81. The van der Waals surface area contributed by atoms with Crippen molar-refractivity contribution in [3.63, 3.8) is 0 Å². The van der Waals surface area contributed by atoms with Crippen LogP contribution in [-0.4, -0.2) is 39.7 Å². The maximum atomic E-state index is 11.6. The van der Waals surface area contributed by atoms with Gasteiger partial charge in [-0.1, -0.05) is 0 Å². The molecule has 11 heteroatoms. The van der Waals surface area contributed by atoms with Crippen LogP contribution in [0.1, 0.15) is 0 Å². The number of hydrazine groups is 1. The lowest BCUT2D eigenvalue weighted by Gasteiger charge is -1.95. The molecule has 0 amide bonds. The summed E-state index contributed by atoms with van der Waals surface area (Å²) in [7, 11) is 2.66. The fraction of sp³-hybridized carbons (Fsp3) is 0.333. The number of nitrogens with zero attached hydrogens (tertiary/aromatic N) is 5. The lowest BCUT2D eigenvalue weighted by atomic mass is 10.7. The second-order valence-corrected chi connectivity index (χ2v) is 2.63. The summed E-state index contributed by atoms with van der Waals surface area (Å²) in [5.41, 5.74) is 2.26. The van der Waals surface area contributed by atoms with Crippen LogP contribution in [0.5, 0.6) is 11.8 Å². The molecular weight excluding hydrogens is 236 g/mol. The molecule has 2 aromatic heterocycles. The average Bonchev–Trinajstić information content (AvgIpc) is 2.96. The van der Waals surface area contributed by atoms with Gasteiger partial charge in [0.25, 0.3) is 5.82 Å². The maximum absolute atomic E-state index is 11.6. The van der Waals surface area contributed by atoms with Gasteiger partial charge in [0.2, 0.25) is 0 Å². The quantitative estimate of drug-likeness (QED) is 0.561. The topological polar surface area (TPSA) is 128 Å². The van der Waals surface area contributed by atoms with Gasteiger partial charge in [0, 0.05) is 5.16 Å². The van der Waals surface area contributed by atoms with Crippen LogP contribution in [0, 0.1) is 4.91 Å². The summed E-state index contributed by atoms with van der Waals surface area (Å²) < 4.78 is 18.2. The predicted molar refractivity (Wildman–Crippen MR) is 48.6 cm³/mol. The Morgan fingerprint density at radius 3 is 2.41 bits per heavy atom. The minimum absolute atomic E-state index is 0.0151. The van der Waals surface area contributed by atoms with Gasteiger partial charge < -0.3 is 9.47 Å². The van der Waals surface area contributed by atoms with Crippen molar-refractivity contribution in [3.8, 4) is 11.8 Å². The van der Waals surface area contributed by atoms with Gasteiger partial charge in [-0.05, 0) is 15.2 Å². The van der Waals surface area contributed by atoms with E-state index in [4.69, 9.17) is 9.47 Å². The van der Waals surface area contributed by atoms with Crippen LogP contribution in [0.4, 0.5) is 11.6 Å². The molecule has 0 unspecified atom stereocenters. The molecule has 0 radical (unpaired) electrons. The molecule has 0 fully saturated rings. The van der Waals surface area contributed by atoms with E-state index in [0.29, 0.717) is 0 Å². The Bertz CT molecular complexity index is 520. The van der Waals surface area contributed by atoms with Gasteiger partial charge in [0.15, 0.2) is 5.16 Å². The summed E-state index contributed by atoms with van der Waals surface area (Å²) in [6.07, 6.45) is 0. The molecule has 0 aromatic carbocycles. The molecule has 2 heterocycles. The third-order valence-corrected chi connectivity index (χ3v) is 1.69. The van der Waals surface area contributed by atoms with Crippen LogP contribution in [0.25, 0.3) is 0 Å². The van der Waals surface area contributed by atoms with Crippen LogP contribution >= 0.6 is 0 Å². The zero-order valence-electron chi connectivity index (χ0n) is 8.78. The van der Waals surface area contributed by atoms with Crippen molar-refractivity contribution in [1.29, 1.82) is 0 Å². The number of rotatable bonds is 5. The van der Waals surface area contributed by atoms with Crippen LogP contribution in [0.3, 0.4) is 0 Å². The van der Waals surface area contributed by atoms with Crippen LogP contribution < -0.4 is 14.9 Å². The Labute approximate surface area is 93.1 Å².